The van der Waals surface area contributed by atoms with E-state index in [1.165, 1.54) is 42.5 Å². The molecule has 0 spiro atoms. The lowest BCUT2D eigenvalue weighted by Gasteiger charge is -2.48. The monoisotopic (exact) mass is 266 g/mol. The van der Waals surface area contributed by atoms with Gasteiger partial charge in [0, 0.05) is 10.4 Å². The van der Waals surface area contributed by atoms with E-state index in [1.807, 2.05) is 11.3 Å². The summed E-state index contributed by atoms with van der Waals surface area (Å²) >= 11 is 1.90. The summed E-state index contributed by atoms with van der Waals surface area (Å²) in [6, 6.07) is 2.71. The van der Waals surface area contributed by atoms with Crippen LogP contribution >= 0.6 is 11.3 Å². The van der Waals surface area contributed by atoms with Crippen molar-refractivity contribution in [2.75, 3.05) is 21.1 Å². The van der Waals surface area contributed by atoms with Crippen LogP contribution in [0.25, 0.3) is 0 Å². The number of thiophene rings is 1. The van der Waals surface area contributed by atoms with Crippen molar-refractivity contribution < 1.29 is 0 Å². The zero-order chi connectivity index (χ0) is 13.2. The predicted octanol–water partition coefficient (Wildman–Crippen LogP) is 3.58. The first kappa shape index (κ1) is 14.0. The smallest absolute Gasteiger partial charge is 0.0601 e. The third-order valence-electron chi connectivity index (χ3n) is 4.60. The quantitative estimate of drug-likeness (QED) is 0.896. The van der Waals surface area contributed by atoms with E-state index in [9.17, 15) is 0 Å². The molecular formula is C15H26N2S. The number of nitrogens with one attached hydrogen (secondary N) is 1. The molecule has 1 unspecified atom stereocenters. The van der Waals surface area contributed by atoms with Crippen LogP contribution in [0.2, 0.25) is 0 Å². The van der Waals surface area contributed by atoms with Gasteiger partial charge in [0.1, 0.15) is 0 Å². The molecule has 1 saturated carbocycles. The van der Waals surface area contributed by atoms with Crippen molar-refractivity contribution in [2.24, 2.45) is 0 Å². The molecule has 1 aliphatic carbocycles. The van der Waals surface area contributed by atoms with Crippen molar-refractivity contribution in [3.05, 3.63) is 21.9 Å². The third-order valence-corrected chi connectivity index (χ3v) is 5.68. The predicted molar refractivity (Wildman–Crippen MR) is 80.4 cm³/mol. The van der Waals surface area contributed by atoms with Gasteiger partial charge in [0.25, 0.3) is 0 Å². The van der Waals surface area contributed by atoms with Crippen LogP contribution < -0.4 is 5.32 Å². The summed E-state index contributed by atoms with van der Waals surface area (Å²) in [6.07, 6.45) is 6.74. The van der Waals surface area contributed by atoms with Crippen LogP contribution in [-0.4, -0.2) is 31.6 Å². The maximum absolute atomic E-state index is 3.61. The molecule has 1 N–H and O–H groups in total. The second-order valence-corrected chi connectivity index (χ2v) is 6.70. The van der Waals surface area contributed by atoms with E-state index in [1.54, 1.807) is 0 Å². The van der Waals surface area contributed by atoms with Gasteiger partial charge in [-0.1, -0.05) is 19.3 Å². The van der Waals surface area contributed by atoms with Crippen LogP contribution in [0.1, 0.15) is 48.6 Å². The maximum Gasteiger partial charge on any atom is 0.0601 e. The van der Waals surface area contributed by atoms with Crippen LogP contribution in [0.3, 0.4) is 0 Å². The Morgan fingerprint density at radius 3 is 2.39 bits per heavy atom. The first-order valence-electron chi connectivity index (χ1n) is 7.00. The molecule has 3 heteroatoms. The van der Waals surface area contributed by atoms with E-state index in [0.29, 0.717) is 11.6 Å². The van der Waals surface area contributed by atoms with E-state index in [0.717, 1.165) is 0 Å². The highest BCUT2D eigenvalue weighted by Crippen LogP contribution is 2.43. The molecule has 0 bridgehead atoms. The molecule has 0 amide bonds. The number of likely N-dealkylation sites (N-methyl/N-ethyl adjacent to an activating group) is 2. The summed E-state index contributed by atoms with van der Waals surface area (Å²) in [7, 11) is 6.61. The molecule has 1 aromatic rings. The fourth-order valence-corrected chi connectivity index (χ4v) is 4.63. The Hall–Kier alpha value is -0.380. The number of rotatable bonds is 4. The molecule has 102 valence electrons. The molecule has 1 aromatic heterocycles. The molecule has 2 rings (SSSR count). The lowest BCUT2D eigenvalue weighted by molar-refractivity contribution is 0.0605. The Labute approximate surface area is 115 Å². The fraction of sp³-hybridized carbons (Fsp3) is 0.733. The van der Waals surface area contributed by atoms with Gasteiger partial charge in [0.05, 0.1) is 6.04 Å². The maximum atomic E-state index is 3.61. The van der Waals surface area contributed by atoms with Crippen molar-refractivity contribution >= 4 is 11.3 Å². The van der Waals surface area contributed by atoms with Gasteiger partial charge in [-0.05, 0) is 57.9 Å². The van der Waals surface area contributed by atoms with Gasteiger partial charge in [-0.3, -0.25) is 0 Å². The van der Waals surface area contributed by atoms with Crippen molar-refractivity contribution in [3.63, 3.8) is 0 Å². The van der Waals surface area contributed by atoms with E-state index in [-0.39, 0.29) is 0 Å². The Kier molecular flexibility index (Phi) is 4.46. The van der Waals surface area contributed by atoms with Gasteiger partial charge >= 0.3 is 0 Å². The molecule has 2 nitrogen and oxygen atoms in total. The van der Waals surface area contributed by atoms with Gasteiger partial charge in [-0.25, -0.2) is 0 Å². The van der Waals surface area contributed by atoms with Gasteiger partial charge in [0.2, 0.25) is 0 Å². The van der Waals surface area contributed by atoms with Gasteiger partial charge in [0.15, 0.2) is 0 Å². The standard InChI is InChI=1S/C15H26N2S/c1-12-8-11-18-13(12)14(16-2)15(17(3)4)9-6-5-7-10-15/h8,11,14,16H,5-7,9-10H2,1-4H3. The van der Waals surface area contributed by atoms with E-state index < -0.39 is 0 Å². The molecule has 0 radical (unpaired) electrons. The van der Waals surface area contributed by atoms with Gasteiger partial charge < -0.3 is 10.2 Å². The number of aryl methyl sites for hydroxylation is 1. The molecule has 1 aliphatic rings. The molecular weight excluding hydrogens is 240 g/mol. The fourth-order valence-electron chi connectivity index (χ4n) is 3.48. The van der Waals surface area contributed by atoms with Crippen LogP contribution in [0, 0.1) is 6.92 Å². The highest BCUT2D eigenvalue weighted by atomic mass is 32.1. The minimum Gasteiger partial charge on any atom is -0.311 e. The minimum absolute atomic E-state index is 0.294. The van der Waals surface area contributed by atoms with Gasteiger partial charge in [-0.15, -0.1) is 11.3 Å². The Balaban J connectivity index is 2.36. The number of hydrogen-bond donors (Lipinski definition) is 1. The number of hydrogen-bond acceptors (Lipinski definition) is 3. The Morgan fingerprint density at radius 2 is 1.94 bits per heavy atom. The third kappa shape index (κ3) is 2.36. The first-order chi connectivity index (χ1) is 8.62. The van der Waals surface area contributed by atoms with Crippen LogP contribution in [0.15, 0.2) is 11.4 Å². The van der Waals surface area contributed by atoms with E-state index >= 15 is 0 Å². The second kappa shape index (κ2) is 5.72. The lowest BCUT2D eigenvalue weighted by Crippen LogP contribution is -2.54. The van der Waals surface area contributed by atoms with Crippen molar-refractivity contribution in [2.45, 2.75) is 50.6 Å². The highest BCUT2D eigenvalue weighted by molar-refractivity contribution is 7.10. The average Bonchev–Trinajstić information content (AvgIpc) is 2.78. The molecule has 0 aliphatic heterocycles. The normalized spacial score (nSPS) is 21.2. The minimum atomic E-state index is 0.294. The molecule has 1 atom stereocenters. The SMILES string of the molecule is CNC(c1sccc1C)C1(N(C)C)CCCCC1. The zero-order valence-corrected chi connectivity index (χ0v) is 12.9. The summed E-state index contributed by atoms with van der Waals surface area (Å²) in [6.45, 7) is 2.24. The zero-order valence-electron chi connectivity index (χ0n) is 12.1. The summed E-state index contributed by atoms with van der Waals surface area (Å²) in [5.41, 5.74) is 1.73. The summed E-state index contributed by atoms with van der Waals surface area (Å²) in [5, 5.41) is 5.83. The van der Waals surface area contributed by atoms with Crippen molar-refractivity contribution in [1.82, 2.24) is 10.2 Å². The van der Waals surface area contributed by atoms with Crippen LogP contribution in [-0.2, 0) is 0 Å². The van der Waals surface area contributed by atoms with Crippen LogP contribution in [0.4, 0.5) is 0 Å². The van der Waals surface area contributed by atoms with Gasteiger partial charge in [-0.2, -0.15) is 0 Å². The summed E-state index contributed by atoms with van der Waals surface area (Å²) < 4.78 is 0. The second-order valence-electron chi connectivity index (χ2n) is 5.75. The van der Waals surface area contributed by atoms with E-state index in [4.69, 9.17) is 0 Å². The Morgan fingerprint density at radius 1 is 1.28 bits per heavy atom. The number of nitrogens with zero attached hydrogens (tertiary/aromatic N) is 1. The van der Waals surface area contributed by atoms with Crippen molar-refractivity contribution in [3.8, 4) is 0 Å². The highest BCUT2D eigenvalue weighted by Gasteiger charge is 2.42. The molecule has 0 saturated heterocycles. The molecule has 18 heavy (non-hydrogen) atoms. The Bertz CT molecular complexity index is 378. The first-order valence-corrected chi connectivity index (χ1v) is 7.88. The van der Waals surface area contributed by atoms with Crippen LogP contribution in [0.5, 0.6) is 0 Å². The average molecular weight is 266 g/mol. The lowest BCUT2D eigenvalue weighted by atomic mass is 9.74. The summed E-state index contributed by atoms with van der Waals surface area (Å²) in [5.74, 6) is 0. The molecule has 1 heterocycles. The molecule has 0 aromatic carbocycles. The molecule has 1 fully saturated rings. The van der Waals surface area contributed by atoms with Crippen molar-refractivity contribution in [1.29, 1.82) is 0 Å². The van der Waals surface area contributed by atoms with E-state index in [2.05, 4.69) is 49.7 Å². The summed E-state index contributed by atoms with van der Waals surface area (Å²) in [4.78, 5) is 3.99. The largest absolute Gasteiger partial charge is 0.311 e. The topological polar surface area (TPSA) is 15.3 Å².